The molecule has 3 aromatic rings. The van der Waals surface area contributed by atoms with Gasteiger partial charge >= 0.3 is 0 Å². The zero-order valence-corrected chi connectivity index (χ0v) is 16.0. The molecule has 0 aliphatic heterocycles. The number of rotatable bonds is 6. The lowest BCUT2D eigenvalue weighted by Crippen LogP contribution is -2.20. The predicted octanol–water partition coefficient (Wildman–Crippen LogP) is 3.92. The first kappa shape index (κ1) is 20.4. The van der Waals surface area contributed by atoms with Crippen LogP contribution in [0, 0.1) is 11.6 Å². The van der Waals surface area contributed by atoms with Crippen molar-refractivity contribution in [2.75, 3.05) is 12.4 Å². The SMILES string of the molecule is CNS(=O)(=O)c1ccc(F)c(C(=O)Nc2ccc(Oc3cccc(F)c3)cc2)c1. The van der Waals surface area contributed by atoms with Crippen molar-refractivity contribution in [3.8, 4) is 11.5 Å². The number of benzene rings is 3. The Bertz CT molecular complexity index is 1150. The van der Waals surface area contributed by atoms with Gasteiger partial charge < -0.3 is 10.1 Å². The number of amides is 1. The van der Waals surface area contributed by atoms with Crippen molar-refractivity contribution < 1.29 is 26.7 Å². The van der Waals surface area contributed by atoms with Crippen LogP contribution in [0.5, 0.6) is 11.5 Å². The Kier molecular flexibility index (Phi) is 5.90. The molecule has 3 rings (SSSR count). The number of halogens is 2. The fourth-order valence-corrected chi connectivity index (χ4v) is 3.19. The summed E-state index contributed by atoms with van der Waals surface area (Å²) < 4.78 is 58.5. The van der Waals surface area contributed by atoms with Crippen molar-refractivity contribution >= 4 is 21.6 Å². The van der Waals surface area contributed by atoms with Gasteiger partial charge in [-0.1, -0.05) is 6.07 Å². The molecule has 0 saturated carbocycles. The van der Waals surface area contributed by atoms with E-state index in [9.17, 15) is 22.0 Å². The van der Waals surface area contributed by atoms with Crippen LogP contribution in [0.25, 0.3) is 0 Å². The first-order chi connectivity index (χ1) is 13.8. The van der Waals surface area contributed by atoms with Crippen molar-refractivity contribution in [2.24, 2.45) is 0 Å². The Morgan fingerprint density at radius 1 is 0.931 bits per heavy atom. The number of hydrogen-bond donors (Lipinski definition) is 2. The van der Waals surface area contributed by atoms with E-state index < -0.39 is 33.1 Å². The molecule has 0 bridgehead atoms. The molecule has 0 unspecified atom stereocenters. The van der Waals surface area contributed by atoms with Gasteiger partial charge in [0, 0.05) is 11.8 Å². The van der Waals surface area contributed by atoms with Crippen LogP contribution in [0.15, 0.2) is 71.6 Å². The summed E-state index contributed by atoms with van der Waals surface area (Å²) in [6, 6.07) is 14.7. The summed E-state index contributed by atoms with van der Waals surface area (Å²) in [5.74, 6) is -1.39. The Morgan fingerprint density at radius 2 is 1.66 bits per heavy atom. The number of carbonyl (C=O) groups is 1. The van der Waals surface area contributed by atoms with Crippen molar-refractivity contribution in [1.82, 2.24) is 4.72 Å². The summed E-state index contributed by atoms with van der Waals surface area (Å²) in [4.78, 5) is 12.1. The third-order valence-electron chi connectivity index (χ3n) is 3.91. The normalized spacial score (nSPS) is 11.1. The average Bonchev–Trinajstić information content (AvgIpc) is 2.69. The summed E-state index contributed by atoms with van der Waals surface area (Å²) in [7, 11) is -2.61. The minimum absolute atomic E-state index is 0.231. The highest BCUT2D eigenvalue weighted by Gasteiger charge is 2.18. The van der Waals surface area contributed by atoms with Crippen LogP contribution in [0.3, 0.4) is 0 Å². The number of nitrogens with one attached hydrogen (secondary N) is 2. The first-order valence-corrected chi connectivity index (χ1v) is 9.85. The van der Waals surface area contributed by atoms with Crippen LogP contribution >= 0.6 is 0 Å². The molecule has 150 valence electrons. The maximum atomic E-state index is 14.0. The molecule has 0 radical (unpaired) electrons. The molecular weight excluding hydrogens is 402 g/mol. The third kappa shape index (κ3) is 4.95. The third-order valence-corrected chi connectivity index (χ3v) is 5.32. The van der Waals surface area contributed by atoms with Crippen LogP contribution < -0.4 is 14.8 Å². The number of anilines is 1. The maximum Gasteiger partial charge on any atom is 0.258 e. The highest BCUT2D eigenvalue weighted by Crippen LogP contribution is 2.24. The van der Waals surface area contributed by atoms with E-state index in [1.165, 1.54) is 37.4 Å². The number of hydrogen-bond acceptors (Lipinski definition) is 4. The van der Waals surface area contributed by atoms with Gasteiger partial charge in [-0.05, 0) is 61.6 Å². The molecule has 29 heavy (non-hydrogen) atoms. The molecule has 0 spiro atoms. The van der Waals surface area contributed by atoms with Gasteiger partial charge in [-0.25, -0.2) is 21.9 Å². The lowest BCUT2D eigenvalue weighted by molar-refractivity contribution is 0.102. The molecule has 2 N–H and O–H groups in total. The molecule has 0 aliphatic rings. The molecule has 0 aliphatic carbocycles. The molecular formula is C20H16F2N2O4S. The van der Waals surface area contributed by atoms with Crippen LogP contribution in [0.1, 0.15) is 10.4 Å². The molecule has 0 saturated heterocycles. The summed E-state index contributed by atoms with van der Waals surface area (Å²) in [6.07, 6.45) is 0. The predicted molar refractivity (Wildman–Crippen MR) is 104 cm³/mol. The van der Waals surface area contributed by atoms with E-state index in [0.29, 0.717) is 17.2 Å². The standard InChI is InChI=1S/C20H16F2N2O4S/c1-23-29(26,27)17-9-10-19(22)18(12-17)20(25)24-14-5-7-15(8-6-14)28-16-4-2-3-13(21)11-16/h2-12,23H,1H3,(H,24,25). The maximum absolute atomic E-state index is 14.0. The second kappa shape index (κ2) is 8.38. The van der Waals surface area contributed by atoms with Crippen molar-refractivity contribution in [3.63, 3.8) is 0 Å². The van der Waals surface area contributed by atoms with Gasteiger partial charge in [0.25, 0.3) is 5.91 Å². The zero-order chi connectivity index (χ0) is 21.0. The highest BCUT2D eigenvalue weighted by molar-refractivity contribution is 7.89. The monoisotopic (exact) mass is 418 g/mol. The molecule has 0 aromatic heterocycles. The molecule has 9 heteroatoms. The Hall–Kier alpha value is -3.30. The van der Waals surface area contributed by atoms with E-state index in [1.54, 1.807) is 18.2 Å². The quantitative estimate of drug-likeness (QED) is 0.636. The minimum Gasteiger partial charge on any atom is -0.457 e. The summed E-state index contributed by atoms with van der Waals surface area (Å²) in [5, 5.41) is 2.49. The van der Waals surface area contributed by atoms with E-state index in [1.807, 2.05) is 0 Å². The lowest BCUT2D eigenvalue weighted by Gasteiger charge is -2.10. The van der Waals surface area contributed by atoms with Gasteiger partial charge in [-0.2, -0.15) is 0 Å². The fraction of sp³-hybridized carbons (Fsp3) is 0.0500. The minimum atomic E-state index is -3.82. The Balaban J connectivity index is 1.75. The van der Waals surface area contributed by atoms with Crippen molar-refractivity contribution in [2.45, 2.75) is 4.90 Å². The summed E-state index contributed by atoms with van der Waals surface area (Å²) >= 11 is 0. The van der Waals surface area contributed by atoms with Crippen LogP contribution in [-0.2, 0) is 10.0 Å². The average molecular weight is 418 g/mol. The topological polar surface area (TPSA) is 84.5 Å². The number of sulfonamides is 1. The molecule has 0 heterocycles. The van der Waals surface area contributed by atoms with E-state index in [2.05, 4.69) is 10.0 Å². The van der Waals surface area contributed by atoms with E-state index in [0.717, 1.165) is 18.2 Å². The van der Waals surface area contributed by atoms with Crippen molar-refractivity contribution in [1.29, 1.82) is 0 Å². The number of ether oxygens (including phenoxy) is 1. The van der Waals surface area contributed by atoms with Crippen molar-refractivity contribution in [3.05, 3.63) is 83.9 Å². The molecule has 0 fully saturated rings. The van der Waals surface area contributed by atoms with Gasteiger partial charge in [-0.15, -0.1) is 0 Å². The van der Waals surface area contributed by atoms with E-state index >= 15 is 0 Å². The summed E-state index contributed by atoms with van der Waals surface area (Å²) in [5.41, 5.74) is -0.0794. The van der Waals surface area contributed by atoms with Gasteiger partial charge in [-0.3, -0.25) is 4.79 Å². The molecule has 6 nitrogen and oxygen atoms in total. The summed E-state index contributed by atoms with van der Waals surface area (Å²) in [6.45, 7) is 0. The number of carbonyl (C=O) groups excluding carboxylic acids is 1. The zero-order valence-electron chi connectivity index (χ0n) is 15.1. The van der Waals surface area contributed by atoms with E-state index in [-0.39, 0.29) is 4.90 Å². The largest absolute Gasteiger partial charge is 0.457 e. The van der Waals surface area contributed by atoms with E-state index in [4.69, 9.17) is 4.74 Å². The van der Waals surface area contributed by atoms with Gasteiger partial charge in [0.2, 0.25) is 10.0 Å². The van der Waals surface area contributed by atoms with Crippen LogP contribution in [0.4, 0.5) is 14.5 Å². The molecule has 3 aromatic carbocycles. The Labute approximate surface area is 166 Å². The van der Waals surface area contributed by atoms with Gasteiger partial charge in [0.05, 0.1) is 10.5 Å². The highest BCUT2D eigenvalue weighted by atomic mass is 32.2. The van der Waals surface area contributed by atoms with Crippen LogP contribution in [-0.4, -0.2) is 21.4 Å². The van der Waals surface area contributed by atoms with Crippen LogP contribution in [0.2, 0.25) is 0 Å². The first-order valence-electron chi connectivity index (χ1n) is 8.36. The smallest absolute Gasteiger partial charge is 0.258 e. The fourth-order valence-electron chi connectivity index (χ4n) is 2.43. The lowest BCUT2D eigenvalue weighted by atomic mass is 10.2. The second-order valence-corrected chi connectivity index (χ2v) is 7.77. The Morgan fingerprint density at radius 3 is 2.31 bits per heavy atom. The molecule has 0 atom stereocenters. The molecule has 1 amide bonds. The van der Waals surface area contributed by atoms with Gasteiger partial charge in [0.1, 0.15) is 23.1 Å². The van der Waals surface area contributed by atoms with Gasteiger partial charge in [0.15, 0.2) is 0 Å². The second-order valence-electron chi connectivity index (χ2n) is 5.89.